The third-order valence-corrected chi connectivity index (χ3v) is 4.72. The Hall–Kier alpha value is -1.85. The monoisotopic (exact) mass is 315 g/mol. The van der Waals surface area contributed by atoms with Gasteiger partial charge in [0.25, 0.3) is 0 Å². The number of hydrogen-bond donors (Lipinski definition) is 0. The molecule has 1 aromatic heterocycles. The zero-order valence-electron chi connectivity index (χ0n) is 14.2. The lowest BCUT2D eigenvalue weighted by molar-refractivity contribution is 0.172. The van der Waals surface area contributed by atoms with Crippen molar-refractivity contribution in [2.24, 2.45) is 0 Å². The lowest BCUT2D eigenvalue weighted by atomic mass is 9.93. The van der Waals surface area contributed by atoms with Crippen LogP contribution in [0.25, 0.3) is 0 Å². The Morgan fingerprint density at radius 2 is 2.17 bits per heavy atom. The van der Waals surface area contributed by atoms with E-state index in [4.69, 9.17) is 9.47 Å². The maximum Gasteiger partial charge on any atom is 0.119 e. The van der Waals surface area contributed by atoms with Crippen LogP contribution in [-0.2, 0) is 24.2 Å². The smallest absolute Gasteiger partial charge is 0.119 e. The van der Waals surface area contributed by atoms with Crippen molar-refractivity contribution in [2.75, 3.05) is 27.4 Å². The van der Waals surface area contributed by atoms with Crippen molar-refractivity contribution in [3.8, 4) is 5.75 Å². The maximum absolute atomic E-state index is 5.39. The molecule has 124 valence electrons. The van der Waals surface area contributed by atoms with Crippen LogP contribution >= 0.6 is 0 Å². The molecular formula is C18H25N3O2. The fourth-order valence-corrected chi connectivity index (χ4v) is 3.27. The first-order valence-corrected chi connectivity index (χ1v) is 8.11. The van der Waals surface area contributed by atoms with E-state index in [0.717, 1.165) is 31.8 Å². The summed E-state index contributed by atoms with van der Waals surface area (Å²) in [6.07, 6.45) is 4.93. The zero-order chi connectivity index (χ0) is 16.2. The van der Waals surface area contributed by atoms with Gasteiger partial charge in [0.15, 0.2) is 0 Å². The summed E-state index contributed by atoms with van der Waals surface area (Å²) in [6.45, 7) is 5.79. The van der Waals surface area contributed by atoms with E-state index in [-0.39, 0.29) is 0 Å². The maximum atomic E-state index is 5.39. The van der Waals surface area contributed by atoms with Crippen molar-refractivity contribution in [1.82, 2.24) is 14.5 Å². The van der Waals surface area contributed by atoms with E-state index >= 15 is 0 Å². The summed E-state index contributed by atoms with van der Waals surface area (Å²) >= 11 is 0. The van der Waals surface area contributed by atoms with E-state index in [2.05, 4.69) is 39.6 Å². The van der Waals surface area contributed by atoms with Crippen molar-refractivity contribution in [2.45, 2.75) is 32.5 Å². The van der Waals surface area contributed by atoms with Crippen LogP contribution in [0.15, 0.2) is 30.7 Å². The Bertz CT molecular complexity index is 653. The van der Waals surface area contributed by atoms with Crippen LogP contribution in [0, 0.1) is 0 Å². The van der Waals surface area contributed by atoms with Crippen LogP contribution in [0.5, 0.6) is 5.75 Å². The fourth-order valence-electron chi connectivity index (χ4n) is 3.27. The van der Waals surface area contributed by atoms with Crippen LogP contribution in [0.4, 0.5) is 0 Å². The van der Waals surface area contributed by atoms with E-state index < -0.39 is 0 Å². The van der Waals surface area contributed by atoms with Gasteiger partial charge in [-0.2, -0.15) is 0 Å². The molecule has 0 saturated heterocycles. The van der Waals surface area contributed by atoms with E-state index in [1.165, 1.54) is 16.8 Å². The van der Waals surface area contributed by atoms with Gasteiger partial charge in [0.1, 0.15) is 5.75 Å². The Balaban J connectivity index is 1.76. The molecule has 0 spiro atoms. The van der Waals surface area contributed by atoms with Gasteiger partial charge in [-0.05, 0) is 36.6 Å². The summed E-state index contributed by atoms with van der Waals surface area (Å²) in [7, 11) is 3.45. The van der Waals surface area contributed by atoms with Gasteiger partial charge in [0.2, 0.25) is 0 Å². The van der Waals surface area contributed by atoms with Gasteiger partial charge in [0, 0.05) is 39.0 Å². The number of fused-ring (bicyclic) bond motifs is 1. The van der Waals surface area contributed by atoms with Crippen LogP contribution in [0.1, 0.15) is 29.8 Å². The van der Waals surface area contributed by atoms with Crippen LogP contribution in [0.3, 0.4) is 0 Å². The Morgan fingerprint density at radius 1 is 1.30 bits per heavy atom. The normalized spacial score (nSPS) is 18.0. The first-order valence-electron chi connectivity index (χ1n) is 8.11. The Labute approximate surface area is 137 Å². The summed E-state index contributed by atoms with van der Waals surface area (Å²) in [6, 6.07) is 6.81. The van der Waals surface area contributed by atoms with Crippen molar-refractivity contribution in [3.63, 3.8) is 0 Å². The predicted octanol–water partition coefficient (Wildman–Crippen LogP) is 2.66. The topological polar surface area (TPSA) is 39.5 Å². The largest absolute Gasteiger partial charge is 0.497 e. The number of imidazole rings is 1. The minimum Gasteiger partial charge on any atom is -0.497 e. The van der Waals surface area contributed by atoms with Crippen molar-refractivity contribution in [3.05, 3.63) is 47.5 Å². The molecule has 1 aliphatic heterocycles. The molecule has 1 aromatic carbocycles. The lowest BCUT2D eigenvalue weighted by Gasteiger charge is -2.35. The van der Waals surface area contributed by atoms with Gasteiger partial charge in [-0.1, -0.05) is 6.07 Å². The molecule has 5 nitrogen and oxygen atoms in total. The highest BCUT2D eigenvalue weighted by atomic mass is 16.5. The molecule has 3 rings (SSSR count). The first kappa shape index (κ1) is 16.0. The summed E-state index contributed by atoms with van der Waals surface area (Å²) < 4.78 is 12.7. The molecule has 0 N–H and O–H groups in total. The molecule has 0 unspecified atom stereocenters. The number of ether oxygens (including phenoxy) is 2. The van der Waals surface area contributed by atoms with Gasteiger partial charge in [-0.15, -0.1) is 0 Å². The number of nitrogens with zero attached hydrogens (tertiary/aromatic N) is 3. The van der Waals surface area contributed by atoms with Crippen molar-refractivity contribution < 1.29 is 9.47 Å². The van der Waals surface area contributed by atoms with Gasteiger partial charge >= 0.3 is 0 Å². The predicted molar refractivity (Wildman–Crippen MR) is 89.6 cm³/mol. The quantitative estimate of drug-likeness (QED) is 0.821. The fraction of sp³-hybridized carbons (Fsp3) is 0.500. The van der Waals surface area contributed by atoms with Gasteiger partial charge in [-0.3, -0.25) is 4.90 Å². The van der Waals surface area contributed by atoms with Crippen molar-refractivity contribution >= 4 is 0 Å². The number of benzene rings is 1. The second-order valence-corrected chi connectivity index (χ2v) is 6.03. The molecule has 23 heavy (non-hydrogen) atoms. The van der Waals surface area contributed by atoms with E-state index in [1.54, 1.807) is 14.2 Å². The third-order valence-electron chi connectivity index (χ3n) is 4.72. The summed E-state index contributed by atoms with van der Waals surface area (Å²) in [4.78, 5) is 6.80. The van der Waals surface area contributed by atoms with Crippen LogP contribution < -0.4 is 4.74 Å². The summed E-state index contributed by atoms with van der Waals surface area (Å²) in [5.41, 5.74) is 4.04. The SMILES string of the molecule is COCCn1cncc1CN1CCc2ccc(OC)cc2[C@H]1C. The lowest BCUT2D eigenvalue weighted by Crippen LogP contribution is -2.34. The van der Waals surface area contributed by atoms with E-state index in [1.807, 2.05) is 12.5 Å². The van der Waals surface area contributed by atoms with E-state index in [0.29, 0.717) is 12.6 Å². The molecular weight excluding hydrogens is 290 g/mol. The highest BCUT2D eigenvalue weighted by molar-refractivity contribution is 5.39. The van der Waals surface area contributed by atoms with E-state index in [9.17, 15) is 0 Å². The number of hydrogen-bond acceptors (Lipinski definition) is 4. The molecule has 0 bridgehead atoms. The standard InChI is InChI=1S/C18H25N3O2/c1-14-18-10-17(23-3)5-4-15(18)6-7-20(14)12-16-11-19-13-21(16)8-9-22-2/h4-5,10-11,13-14H,6-9,12H2,1-3H3/t14-/m1/s1. The first-order chi connectivity index (χ1) is 11.2. The summed E-state index contributed by atoms with van der Waals surface area (Å²) in [5, 5.41) is 0. The number of rotatable bonds is 6. The minimum atomic E-state index is 0.375. The average Bonchev–Trinajstić information content (AvgIpc) is 3.02. The van der Waals surface area contributed by atoms with Crippen LogP contribution in [0.2, 0.25) is 0 Å². The summed E-state index contributed by atoms with van der Waals surface area (Å²) in [5.74, 6) is 0.933. The third kappa shape index (κ3) is 3.41. The van der Waals surface area contributed by atoms with Gasteiger partial charge in [-0.25, -0.2) is 4.98 Å². The van der Waals surface area contributed by atoms with Gasteiger partial charge < -0.3 is 14.0 Å². The van der Waals surface area contributed by atoms with Gasteiger partial charge in [0.05, 0.1) is 25.7 Å². The molecule has 5 heteroatoms. The molecule has 0 saturated carbocycles. The number of aromatic nitrogens is 2. The highest BCUT2D eigenvalue weighted by Crippen LogP contribution is 2.32. The average molecular weight is 315 g/mol. The minimum absolute atomic E-state index is 0.375. The number of methoxy groups -OCH3 is 2. The second-order valence-electron chi connectivity index (χ2n) is 6.03. The molecule has 2 aromatic rings. The molecule has 0 amide bonds. The van der Waals surface area contributed by atoms with Crippen LogP contribution in [-0.4, -0.2) is 41.8 Å². The Morgan fingerprint density at radius 3 is 2.96 bits per heavy atom. The molecule has 0 radical (unpaired) electrons. The molecule has 0 aliphatic carbocycles. The molecule has 0 fully saturated rings. The molecule has 2 heterocycles. The Kier molecular flexibility index (Phi) is 4.98. The van der Waals surface area contributed by atoms with Crippen molar-refractivity contribution in [1.29, 1.82) is 0 Å². The second kappa shape index (κ2) is 7.15. The molecule has 1 aliphatic rings. The molecule has 1 atom stereocenters. The zero-order valence-corrected chi connectivity index (χ0v) is 14.2. The highest BCUT2D eigenvalue weighted by Gasteiger charge is 2.25.